The molecular weight excluding hydrogens is 1160 g/mol. The van der Waals surface area contributed by atoms with Crippen molar-refractivity contribution in [2.24, 2.45) is 5.92 Å². The molecule has 10 atom stereocenters. The number of imide groups is 1. The van der Waals surface area contributed by atoms with Crippen LogP contribution in [-0.2, 0) is 67.2 Å². The highest BCUT2D eigenvalue weighted by atomic mass is 33.1. The van der Waals surface area contributed by atoms with Crippen LogP contribution in [0.2, 0.25) is 0 Å². The molecule has 1 fully saturated rings. The van der Waals surface area contributed by atoms with Gasteiger partial charge in [0, 0.05) is 62.1 Å². The Balaban J connectivity index is 1.39. The molecule has 0 spiro atoms. The van der Waals surface area contributed by atoms with Gasteiger partial charge in [0.05, 0.1) is 36.9 Å². The largest absolute Gasteiger partial charge is 0.444 e. The number of benzene rings is 3. The van der Waals surface area contributed by atoms with Crippen LogP contribution >= 0.6 is 21.6 Å². The van der Waals surface area contributed by atoms with Crippen molar-refractivity contribution in [2.45, 2.75) is 146 Å². The molecule has 23 nitrogen and oxygen atoms in total. The molecule has 3 aromatic rings. The van der Waals surface area contributed by atoms with Crippen LogP contribution in [0.1, 0.15) is 89.0 Å². The molecule has 2 aliphatic heterocycles. The molecule has 1 aliphatic carbocycles. The van der Waals surface area contributed by atoms with Gasteiger partial charge >= 0.3 is 6.09 Å². The summed E-state index contributed by atoms with van der Waals surface area (Å²) in [6, 6.07) is 15.9. The van der Waals surface area contributed by atoms with Crippen molar-refractivity contribution in [2.75, 3.05) is 37.7 Å². The molecule has 6 rings (SSSR count). The van der Waals surface area contributed by atoms with E-state index in [4.69, 9.17) is 4.74 Å². The zero-order chi connectivity index (χ0) is 63.2. The van der Waals surface area contributed by atoms with Crippen molar-refractivity contribution in [1.29, 1.82) is 0 Å². The predicted molar refractivity (Wildman–Crippen MR) is 329 cm³/mol. The van der Waals surface area contributed by atoms with E-state index in [0.29, 0.717) is 18.4 Å². The van der Waals surface area contributed by atoms with E-state index in [-0.39, 0.29) is 63.2 Å². The molecule has 25 heteroatoms. The number of carbonyl (C=O) groups excluding carboxylic acids is 10. The zero-order valence-corrected chi connectivity index (χ0v) is 51.2. The third kappa shape index (κ3) is 21.7. The lowest BCUT2D eigenvalue weighted by atomic mass is 9.90. The fraction of sp³-hybridized carbons (Fsp3) is 0.484. The number of hydrogen-bond donors (Lipinski definition) is 11. The van der Waals surface area contributed by atoms with E-state index in [0.717, 1.165) is 60.9 Å². The van der Waals surface area contributed by atoms with Crippen LogP contribution in [0, 0.1) is 5.92 Å². The standard InChI is InChI=1S/C62H81N9O14S2/c1-37(73)48(34-72)67-59(82)50-36-87-86-35-49(68-57(80)46(31-40-18-10-7-11-19-40)63-28-29-71-52(76)25-26-53(71)77)51(75)33-43(30-39-16-8-6-9-17-39)55(78)66-47(32-42-24-23-41-20-12-13-21-44(41)42)58(81)65-45(56(79)70-54(38(2)74)60(83)69-50)22-14-15-27-64-61(84)85-62(3,4)5/h6-13,16-21,24-26,37-38,43,45-50,54,63,72-74H,14-15,22-23,27-36H2,1-5H3,(H,64,84)(H,65,81)(H,66,78)(H,67,82)(H,68,80)(H,69,83)(H,70,79)/t37-,38-,43-,45+,46-,47-,48-,49+,50+,54+/m1/s1. The third-order valence-electron chi connectivity index (χ3n) is 14.6. The van der Waals surface area contributed by atoms with Gasteiger partial charge in [-0.15, -0.1) is 0 Å². The molecule has 0 unspecified atom stereocenters. The van der Waals surface area contributed by atoms with E-state index in [9.17, 15) is 48.9 Å². The zero-order valence-electron chi connectivity index (χ0n) is 49.6. The number of nitrogens with one attached hydrogen (secondary N) is 8. The number of aliphatic hydroxyl groups excluding tert-OH is 3. The average molecular weight is 1240 g/mol. The summed E-state index contributed by atoms with van der Waals surface area (Å²) in [5.74, 6) is -8.16. The second-order valence-corrected chi connectivity index (χ2v) is 25.3. The second-order valence-electron chi connectivity index (χ2n) is 22.7. The third-order valence-corrected chi connectivity index (χ3v) is 17.1. The highest BCUT2D eigenvalue weighted by Crippen LogP contribution is 2.31. The summed E-state index contributed by atoms with van der Waals surface area (Å²) in [7, 11) is 2.04. The van der Waals surface area contributed by atoms with Gasteiger partial charge in [-0.1, -0.05) is 113 Å². The van der Waals surface area contributed by atoms with Gasteiger partial charge in [-0.3, -0.25) is 48.1 Å². The van der Waals surface area contributed by atoms with Crippen LogP contribution in [0.5, 0.6) is 0 Å². The van der Waals surface area contributed by atoms with Crippen molar-refractivity contribution in [3.63, 3.8) is 0 Å². The second kappa shape index (κ2) is 33.6. The SMILES string of the molecule is C[C@@H](O)[C@@H]1NC(=O)[C@H](CCCCNC(=O)OC(C)(C)C)NC(=O)[C@@H](CC2=CCc3ccccc32)NC(=O)[C@H](Cc2ccccc2)CC(=O)[C@@H](NC(=O)[C@@H](Cc2ccccc2)NCCN2C(=O)C=CC2=O)CSSC[C@@H](C(=O)N[C@H](CO)[C@@H](C)O)NC1=O. The first-order chi connectivity index (χ1) is 41.5. The summed E-state index contributed by atoms with van der Waals surface area (Å²) in [5.41, 5.74) is 3.19. The minimum absolute atomic E-state index is 0.00110. The normalized spacial score (nSPS) is 22.3. The number of carbonyl (C=O) groups is 10. The summed E-state index contributed by atoms with van der Waals surface area (Å²) in [6.45, 7) is 7.07. The van der Waals surface area contributed by atoms with E-state index >= 15 is 14.4 Å². The minimum atomic E-state index is -1.74. The van der Waals surface area contributed by atoms with Gasteiger partial charge in [0.25, 0.3) is 11.8 Å². The highest BCUT2D eigenvalue weighted by Gasteiger charge is 2.38. The van der Waals surface area contributed by atoms with Gasteiger partial charge in [-0.05, 0) is 101 Å². The molecule has 11 N–H and O–H groups in total. The maximum atomic E-state index is 15.2. The Bertz CT molecular complexity index is 2940. The number of nitrogens with zero attached hydrogens (tertiary/aromatic N) is 1. The summed E-state index contributed by atoms with van der Waals surface area (Å²) in [4.78, 5) is 141. The lowest BCUT2D eigenvalue weighted by Crippen LogP contribution is -2.61. The number of fused-ring (bicyclic) bond motifs is 1. The van der Waals surface area contributed by atoms with Crippen LogP contribution in [0.4, 0.5) is 4.79 Å². The smallest absolute Gasteiger partial charge is 0.407 e. The quantitative estimate of drug-likeness (QED) is 0.0388. The van der Waals surface area contributed by atoms with Crippen LogP contribution in [0.3, 0.4) is 0 Å². The van der Waals surface area contributed by atoms with Gasteiger partial charge in [0.1, 0.15) is 29.8 Å². The summed E-state index contributed by atoms with van der Waals surface area (Å²) in [6.07, 6.45) is 1.26. The predicted octanol–water partition coefficient (Wildman–Crippen LogP) is 1.71. The minimum Gasteiger partial charge on any atom is -0.444 e. The molecule has 0 radical (unpaired) electrons. The van der Waals surface area contributed by atoms with Crippen molar-refractivity contribution >= 4 is 86.3 Å². The molecule has 1 saturated heterocycles. The molecule has 470 valence electrons. The van der Waals surface area contributed by atoms with Crippen LogP contribution in [-0.4, -0.2) is 177 Å². The number of hydrogen-bond acceptors (Lipinski definition) is 17. The van der Waals surface area contributed by atoms with Crippen LogP contribution in [0.25, 0.3) is 5.57 Å². The fourth-order valence-corrected chi connectivity index (χ4v) is 12.2. The highest BCUT2D eigenvalue weighted by molar-refractivity contribution is 8.76. The van der Waals surface area contributed by atoms with E-state index in [2.05, 4.69) is 42.5 Å². The average Bonchev–Trinajstić information content (AvgIpc) is 3.00. The molecule has 0 saturated carbocycles. The Morgan fingerprint density at radius 3 is 2.02 bits per heavy atom. The number of rotatable bonds is 22. The number of amides is 9. The van der Waals surface area contributed by atoms with Crippen LogP contribution < -0.4 is 42.5 Å². The molecule has 2 heterocycles. The Morgan fingerprint density at radius 2 is 1.37 bits per heavy atom. The molecular formula is C62H81N9O14S2. The van der Waals surface area contributed by atoms with Crippen molar-refractivity contribution in [3.8, 4) is 0 Å². The maximum Gasteiger partial charge on any atom is 0.407 e. The van der Waals surface area contributed by atoms with Crippen molar-refractivity contribution in [1.82, 2.24) is 47.4 Å². The van der Waals surface area contributed by atoms with Gasteiger partial charge in [-0.2, -0.15) is 0 Å². The van der Waals surface area contributed by atoms with Gasteiger partial charge in [0.2, 0.25) is 35.4 Å². The van der Waals surface area contributed by atoms with Gasteiger partial charge < -0.3 is 62.6 Å². The number of allylic oxidation sites excluding steroid dienone is 1. The number of alkyl carbamates (subject to hydrolysis) is 1. The Labute approximate surface area is 514 Å². The molecule has 0 bridgehead atoms. The first kappa shape index (κ1) is 68.7. The number of ketones is 1. The Morgan fingerprint density at radius 1 is 0.736 bits per heavy atom. The van der Waals surface area contributed by atoms with Crippen molar-refractivity contribution < 1.29 is 68.0 Å². The number of unbranched alkanes of at least 4 members (excludes halogenated alkanes) is 1. The monoisotopic (exact) mass is 1240 g/mol. The van der Waals surface area contributed by atoms with E-state index < -0.39 is 138 Å². The van der Waals surface area contributed by atoms with E-state index in [1.807, 2.05) is 30.3 Å². The van der Waals surface area contributed by atoms with Crippen LogP contribution in [0.15, 0.2) is 103 Å². The first-order valence-corrected chi connectivity index (χ1v) is 31.6. The lowest BCUT2D eigenvalue weighted by Gasteiger charge is -2.29. The first-order valence-electron chi connectivity index (χ1n) is 29.1. The number of ether oxygens (including phenoxy) is 1. The van der Waals surface area contributed by atoms with E-state index in [1.165, 1.54) is 13.8 Å². The number of Topliss-reactive ketones (excluding diaryl/α,β-unsaturated/α-hetero) is 1. The molecule has 0 aromatic heterocycles. The summed E-state index contributed by atoms with van der Waals surface area (Å²) < 4.78 is 5.35. The Hall–Kier alpha value is -7.42. The topological polar surface area (TPSA) is 340 Å². The summed E-state index contributed by atoms with van der Waals surface area (Å²) in [5, 5.41) is 53.7. The molecule has 3 aliphatic rings. The Kier molecular flexibility index (Phi) is 26.6. The maximum absolute atomic E-state index is 15.2. The molecule has 3 aromatic carbocycles. The molecule has 9 amide bonds. The van der Waals surface area contributed by atoms with E-state index in [1.54, 1.807) is 81.4 Å². The fourth-order valence-electron chi connectivity index (χ4n) is 9.86. The summed E-state index contributed by atoms with van der Waals surface area (Å²) >= 11 is 0. The number of aliphatic hydroxyl groups is 3. The van der Waals surface area contributed by atoms with Gasteiger partial charge in [0.15, 0.2) is 5.78 Å². The van der Waals surface area contributed by atoms with Gasteiger partial charge in [-0.25, -0.2) is 4.79 Å². The van der Waals surface area contributed by atoms with Crippen molar-refractivity contribution in [3.05, 3.63) is 125 Å². The molecule has 87 heavy (non-hydrogen) atoms. The lowest BCUT2D eigenvalue weighted by molar-refractivity contribution is -0.137.